The van der Waals surface area contributed by atoms with Crippen molar-refractivity contribution in [3.63, 3.8) is 0 Å². The summed E-state index contributed by atoms with van der Waals surface area (Å²) in [6.07, 6.45) is -1.55. The number of halogens is 3. The zero-order chi connectivity index (χ0) is 16.4. The lowest BCUT2D eigenvalue weighted by atomic mass is 10.1. The Morgan fingerprint density at radius 2 is 1.87 bits per heavy atom. The molecule has 2 aromatic heterocycles. The summed E-state index contributed by atoms with van der Waals surface area (Å²) in [5.74, 6) is -0.608. The second-order valence-corrected chi connectivity index (χ2v) is 4.63. The first-order chi connectivity index (χ1) is 10.9. The first-order valence-electron chi connectivity index (χ1n) is 6.45. The van der Waals surface area contributed by atoms with E-state index in [9.17, 15) is 18.0 Å². The number of benzene rings is 1. The van der Waals surface area contributed by atoms with Crippen molar-refractivity contribution in [1.82, 2.24) is 19.7 Å². The van der Waals surface area contributed by atoms with E-state index >= 15 is 0 Å². The molecule has 9 heteroatoms. The summed E-state index contributed by atoms with van der Waals surface area (Å²) in [5.41, 5.74) is -0.515. The average Bonchev–Trinajstić information content (AvgIpc) is 2.89. The zero-order valence-electron chi connectivity index (χ0n) is 11.5. The van der Waals surface area contributed by atoms with Crippen molar-refractivity contribution in [2.24, 2.45) is 0 Å². The Hall–Kier alpha value is -2.97. The normalized spacial score (nSPS) is 11.6. The van der Waals surface area contributed by atoms with E-state index in [0.717, 1.165) is 16.7 Å². The number of hydrogen-bond donors (Lipinski definition) is 0. The summed E-state index contributed by atoms with van der Waals surface area (Å²) < 4.78 is 43.9. The monoisotopic (exact) mass is 322 g/mol. The molecule has 118 valence electrons. The molecule has 6 nitrogen and oxygen atoms in total. The van der Waals surface area contributed by atoms with E-state index in [2.05, 4.69) is 19.6 Å². The Balaban J connectivity index is 1.99. The van der Waals surface area contributed by atoms with Gasteiger partial charge in [-0.15, -0.1) is 0 Å². The van der Waals surface area contributed by atoms with E-state index in [-0.39, 0.29) is 23.8 Å². The summed E-state index contributed by atoms with van der Waals surface area (Å²) >= 11 is 0. The number of hydrogen-bond acceptors (Lipinski definition) is 5. The standard InChI is InChI=1S/C14H9F3N4O2/c15-14(16,17)10-4-1-3-9(7-10)8-21-12(20-23-13(21)22)11-18-5-2-6-19-11/h1-7H,8H2. The van der Waals surface area contributed by atoms with Crippen molar-refractivity contribution >= 4 is 0 Å². The maximum Gasteiger partial charge on any atom is 0.442 e. The van der Waals surface area contributed by atoms with Crippen molar-refractivity contribution < 1.29 is 17.7 Å². The van der Waals surface area contributed by atoms with Crippen molar-refractivity contribution in [3.8, 4) is 11.6 Å². The van der Waals surface area contributed by atoms with Gasteiger partial charge in [0.1, 0.15) is 0 Å². The Bertz CT molecular complexity index is 871. The summed E-state index contributed by atoms with van der Waals surface area (Å²) in [5, 5.41) is 3.58. The van der Waals surface area contributed by atoms with Gasteiger partial charge in [0.15, 0.2) is 5.82 Å². The molecule has 0 unspecified atom stereocenters. The van der Waals surface area contributed by atoms with Crippen molar-refractivity contribution in [2.75, 3.05) is 0 Å². The number of alkyl halides is 3. The van der Waals surface area contributed by atoms with Crippen LogP contribution in [-0.2, 0) is 12.7 Å². The van der Waals surface area contributed by atoms with Crippen molar-refractivity contribution in [3.05, 3.63) is 64.4 Å². The van der Waals surface area contributed by atoms with Crippen LogP contribution in [0.5, 0.6) is 0 Å². The summed E-state index contributed by atoms with van der Waals surface area (Å²) in [4.78, 5) is 19.7. The Kier molecular flexibility index (Phi) is 3.68. The van der Waals surface area contributed by atoms with Gasteiger partial charge < -0.3 is 0 Å². The number of aromatic nitrogens is 4. The maximum atomic E-state index is 12.8. The highest BCUT2D eigenvalue weighted by Crippen LogP contribution is 2.29. The minimum Gasteiger partial charge on any atom is -0.295 e. The highest BCUT2D eigenvalue weighted by molar-refractivity contribution is 5.41. The molecule has 23 heavy (non-hydrogen) atoms. The van der Waals surface area contributed by atoms with Crippen LogP contribution in [0.4, 0.5) is 13.2 Å². The van der Waals surface area contributed by atoms with Crippen molar-refractivity contribution in [1.29, 1.82) is 0 Å². The fourth-order valence-electron chi connectivity index (χ4n) is 2.01. The molecular weight excluding hydrogens is 313 g/mol. The fourth-order valence-corrected chi connectivity index (χ4v) is 2.01. The van der Waals surface area contributed by atoms with Crippen LogP contribution in [0.25, 0.3) is 11.6 Å². The second-order valence-electron chi connectivity index (χ2n) is 4.63. The van der Waals surface area contributed by atoms with Crippen LogP contribution < -0.4 is 5.76 Å². The highest BCUT2D eigenvalue weighted by atomic mass is 19.4. The predicted octanol–water partition coefficient (Wildman–Crippen LogP) is 2.36. The van der Waals surface area contributed by atoms with Gasteiger partial charge in [-0.05, 0) is 23.8 Å². The van der Waals surface area contributed by atoms with E-state index in [4.69, 9.17) is 0 Å². The zero-order valence-corrected chi connectivity index (χ0v) is 11.5. The molecule has 3 rings (SSSR count). The van der Waals surface area contributed by atoms with Crippen LogP contribution in [0.15, 0.2) is 52.0 Å². The third-order valence-electron chi connectivity index (χ3n) is 3.05. The lowest BCUT2D eigenvalue weighted by Crippen LogP contribution is -2.17. The van der Waals surface area contributed by atoms with E-state index < -0.39 is 17.5 Å². The lowest BCUT2D eigenvalue weighted by Gasteiger charge is -2.09. The Labute approximate surface area is 127 Å². The molecule has 2 heterocycles. The second kappa shape index (κ2) is 5.67. The molecule has 0 radical (unpaired) electrons. The quantitative estimate of drug-likeness (QED) is 0.740. The van der Waals surface area contributed by atoms with Crippen LogP contribution in [0, 0.1) is 0 Å². The van der Waals surface area contributed by atoms with Gasteiger partial charge in [0, 0.05) is 12.4 Å². The summed E-state index contributed by atoms with van der Waals surface area (Å²) in [6.45, 7) is -0.139. The van der Waals surface area contributed by atoms with Gasteiger partial charge in [-0.1, -0.05) is 17.3 Å². The van der Waals surface area contributed by atoms with Crippen LogP contribution in [0.1, 0.15) is 11.1 Å². The largest absolute Gasteiger partial charge is 0.442 e. The summed E-state index contributed by atoms with van der Waals surface area (Å²) in [6, 6.07) is 6.26. The average molecular weight is 322 g/mol. The van der Waals surface area contributed by atoms with E-state index in [1.807, 2.05) is 0 Å². The minimum absolute atomic E-state index is 0.0491. The first kappa shape index (κ1) is 14.9. The smallest absolute Gasteiger partial charge is 0.295 e. The molecule has 0 aliphatic rings. The Morgan fingerprint density at radius 1 is 1.13 bits per heavy atom. The lowest BCUT2D eigenvalue weighted by molar-refractivity contribution is -0.137. The SMILES string of the molecule is O=c1onc(-c2ncccn2)n1Cc1cccc(C(F)(F)F)c1. The van der Waals surface area contributed by atoms with Gasteiger partial charge in [0.05, 0.1) is 12.1 Å². The van der Waals surface area contributed by atoms with Gasteiger partial charge in [-0.3, -0.25) is 4.52 Å². The molecule has 0 bridgehead atoms. The topological polar surface area (TPSA) is 73.8 Å². The van der Waals surface area contributed by atoms with Gasteiger partial charge in [-0.25, -0.2) is 19.3 Å². The van der Waals surface area contributed by atoms with E-state index in [1.165, 1.54) is 24.5 Å². The third kappa shape index (κ3) is 3.12. The first-order valence-corrected chi connectivity index (χ1v) is 6.45. The predicted molar refractivity (Wildman–Crippen MR) is 72.3 cm³/mol. The number of rotatable bonds is 3. The molecule has 3 aromatic rings. The maximum absolute atomic E-state index is 12.8. The minimum atomic E-state index is -4.46. The van der Waals surface area contributed by atoms with Crippen LogP contribution in [0.2, 0.25) is 0 Å². The fraction of sp³-hybridized carbons (Fsp3) is 0.143. The van der Waals surface area contributed by atoms with Gasteiger partial charge in [0.25, 0.3) is 0 Å². The van der Waals surface area contributed by atoms with Crippen LogP contribution in [-0.4, -0.2) is 19.7 Å². The highest BCUT2D eigenvalue weighted by Gasteiger charge is 2.30. The molecule has 0 spiro atoms. The molecule has 0 atom stereocenters. The van der Waals surface area contributed by atoms with E-state index in [0.29, 0.717) is 0 Å². The molecule has 0 aliphatic heterocycles. The molecule has 0 fully saturated rings. The van der Waals surface area contributed by atoms with Crippen molar-refractivity contribution in [2.45, 2.75) is 12.7 Å². The summed E-state index contributed by atoms with van der Waals surface area (Å²) in [7, 11) is 0. The number of nitrogens with zero attached hydrogens (tertiary/aromatic N) is 4. The van der Waals surface area contributed by atoms with Gasteiger partial charge >= 0.3 is 11.9 Å². The van der Waals surface area contributed by atoms with Gasteiger partial charge in [0.2, 0.25) is 5.82 Å². The molecule has 1 aromatic carbocycles. The van der Waals surface area contributed by atoms with Crippen LogP contribution >= 0.6 is 0 Å². The third-order valence-corrected chi connectivity index (χ3v) is 3.05. The Morgan fingerprint density at radius 3 is 2.57 bits per heavy atom. The molecular formula is C14H9F3N4O2. The molecule has 0 aliphatic carbocycles. The molecule has 0 N–H and O–H groups in total. The van der Waals surface area contributed by atoms with Gasteiger partial charge in [-0.2, -0.15) is 13.2 Å². The molecule has 0 saturated heterocycles. The van der Waals surface area contributed by atoms with E-state index in [1.54, 1.807) is 6.07 Å². The molecule has 0 amide bonds. The molecule has 0 saturated carbocycles. The van der Waals surface area contributed by atoms with Crippen LogP contribution in [0.3, 0.4) is 0 Å².